The zero-order valence-electron chi connectivity index (χ0n) is 11.0. The minimum Gasteiger partial charge on any atom is -0.469 e. The van der Waals surface area contributed by atoms with Crippen molar-refractivity contribution >= 4 is 5.97 Å². The Morgan fingerprint density at radius 1 is 1.27 bits per heavy atom. The molecule has 1 aromatic heterocycles. The molecule has 0 saturated carbocycles. The van der Waals surface area contributed by atoms with Crippen LogP contribution in [0.25, 0.3) is 0 Å². The Hall–Kier alpha value is -2.04. The highest BCUT2D eigenvalue weighted by atomic mass is 19.4. The highest BCUT2D eigenvalue weighted by Gasteiger charge is 2.38. The second-order valence-electron chi connectivity index (χ2n) is 3.93. The predicted octanol–water partition coefficient (Wildman–Crippen LogP) is 2.17. The van der Waals surface area contributed by atoms with Gasteiger partial charge in [-0.1, -0.05) is 0 Å². The van der Waals surface area contributed by atoms with Gasteiger partial charge in [0.05, 0.1) is 19.2 Å². The largest absolute Gasteiger partial charge is 0.573 e. The molecule has 0 fully saturated rings. The second-order valence-corrected chi connectivity index (χ2v) is 3.93. The molecule has 0 amide bonds. The SMILES string of the molecule is COC(=O)Cc1c(OC(F)(F)F)cc(C(F)(F)F)nc1CN. The van der Waals surface area contributed by atoms with E-state index in [1.165, 1.54) is 0 Å². The molecule has 22 heavy (non-hydrogen) atoms. The lowest BCUT2D eigenvalue weighted by molar-refractivity contribution is -0.275. The number of hydrogen-bond donors (Lipinski definition) is 1. The summed E-state index contributed by atoms with van der Waals surface area (Å²) < 4.78 is 82.8. The van der Waals surface area contributed by atoms with Gasteiger partial charge in [0.15, 0.2) is 0 Å². The average Bonchev–Trinajstić information content (AvgIpc) is 2.37. The first-order valence-corrected chi connectivity index (χ1v) is 5.60. The van der Waals surface area contributed by atoms with Gasteiger partial charge in [0.2, 0.25) is 0 Å². The van der Waals surface area contributed by atoms with Crippen molar-refractivity contribution in [3.63, 3.8) is 0 Å². The lowest BCUT2D eigenvalue weighted by Gasteiger charge is -2.17. The minimum atomic E-state index is -5.25. The van der Waals surface area contributed by atoms with E-state index in [0.29, 0.717) is 0 Å². The first kappa shape index (κ1) is 18.0. The molecule has 1 aromatic rings. The zero-order chi connectivity index (χ0) is 17.1. The number of esters is 1. The van der Waals surface area contributed by atoms with Crippen LogP contribution >= 0.6 is 0 Å². The summed E-state index contributed by atoms with van der Waals surface area (Å²) in [6, 6.07) is 0.0604. The molecule has 2 N–H and O–H groups in total. The van der Waals surface area contributed by atoms with Crippen molar-refractivity contribution in [2.75, 3.05) is 7.11 Å². The zero-order valence-corrected chi connectivity index (χ0v) is 11.0. The van der Waals surface area contributed by atoms with Crippen molar-refractivity contribution in [2.45, 2.75) is 25.5 Å². The Bertz CT molecular complexity index is 556. The number of hydrogen-bond acceptors (Lipinski definition) is 5. The molecule has 0 spiro atoms. The Balaban J connectivity index is 3.46. The van der Waals surface area contributed by atoms with Gasteiger partial charge in [-0.3, -0.25) is 4.79 Å². The van der Waals surface area contributed by atoms with Crippen LogP contribution in [0.5, 0.6) is 5.75 Å². The maximum atomic E-state index is 12.6. The van der Waals surface area contributed by atoms with Crippen molar-refractivity contribution in [3.05, 3.63) is 23.0 Å². The van der Waals surface area contributed by atoms with Crippen LogP contribution in [0.1, 0.15) is 17.0 Å². The van der Waals surface area contributed by atoms with Crippen LogP contribution in [-0.2, 0) is 28.7 Å². The number of nitrogens with zero attached hydrogens (tertiary/aromatic N) is 1. The Morgan fingerprint density at radius 2 is 1.86 bits per heavy atom. The molecule has 5 nitrogen and oxygen atoms in total. The van der Waals surface area contributed by atoms with E-state index in [0.717, 1.165) is 7.11 Å². The van der Waals surface area contributed by atoms with Crippen molar-refractivity contribution in [1.82, 2.24) is 4.98 Å². The van der Waals surface area contributed by atoms with Crippen LogP contribution in [-0.4, -0.2) is 24.4 Å². The van der Waals surface area contributed by atoms with Gasteiger partial charge in [-0.05, 0) is 0 Å². The van der Waals surface area contributed by atoms with Crippen molar-refractivity contribution in [3.8, 4) is 5.75 Å². The highest BCUT2D eigenvalue weighted by molar-refractivity contribution is 5.74. The third kappa shape index (κ3) is 4.76. The van der Waals surface area contributed by atoms with Crippen LogP contribution in [0.3, 0.4) is 0 Å². The molecule has 0 aliphatic carbocycles. The fourth-order valence-electron chi connectivity index (χ4n) is 1.53. The molecule has 0 radical (unpaired) electrons. The van der Waals surface area contributed by atoms with E-state index in [4.69, 9.17) is 5.73 Å². The molecule has 124 valence electrons. The molecule has 0 aromatic carbocycles. The lowest BCUT2D eigenvalue weighted by Crippen LogP contribution is -2.22. The minimum absolute atomic E-state index is 0.0604. The summed E-state index contributed by atoms with van der Waals surface area (Å²) in [5, 5.41) is 0. The smallest absolute Gasteiger partial charge is 0.469 e. The first-order valence-electron chi connectivity index (χ1n) is 5.60. The number of aromatic nitrogens is 1. The number of carbonyl (C=O) groups excluding carboxylic acids is 1. The molecule has 0 atom stereocenters. The quantitative estimate of drug-likeness (QED) is 0.676. The molecular formula is C11H10F6N2O3. The molecule has 0 aliphatic rings. The Morgan fingerprint density at radius 3 is 2.27 bits per heavy atom. The average molecular weight is 332 g/mol. The monoisotopic (exact) mass is 332 g/mol. The number of nitrogens with two attached hydrogens (primary N) is 1. The summed E-state index contributed by atoms with van der Waals surface area (Å²) in [6.07, 6.45) is -11.0. The van der Waals surface area contributed by atoms with Gasteiger partial charge in [-0.2, -0.15) is 13.2 Å². The second kappa shape index (κ2) is 6.38. The maximum absolute atomic E-state index is 12.6. The first-order chi connectivity index (χ1) is 9.97. The van der Waals surface area contributed by atoms with Crippen molar-refractivity contribution < 1.29 is 40.6 Å². The summed E-state index contributed by atoms with van der Waals surface area (Å²) in [4.78, 5) is 14.3. The Labute approximate surface area is 120 Å². The number of carbonyl (C=O) groups is 1. The van der Waals surface area contributed by atoms with Gasteiger partial charge < -0.3 is 15.2 Å². The van der Waals surface area contributed by atoms with Crippen LogP contribution in [0.15, 0.2) is 6.07 Å². The van der Waals surface area contributed by atoms with Gasteiger partial charge in [-0.15, -0.1) is 13.2 Å². The molecule has 0 unspecified atom stereocenters. The fraction of sp³-hybridized carbons (Fsp3) is 0.455. The molecule has 1 heterocycles. The van der Waals surface area contributed by atoms with Gasteiger partial charge in [0.1, 0.15) is 11.4 Å². The summed E-state index contributed by atoms with van der Waals surface area (Å²) in [5.41, 5.74) is 2.53. The van der Waals surface area contributed by atoms with E-state index in [2.05, 4.69) is 14.5 Å². The third-order valence-electron chi connectivity index (χ3n) is 2.43. The predicted molar refractivity (Wildman–Crippen MR) is 59.5 cm³/mol. The standard InChI is InChI=1S/C11H10F6N2O3/c1-21-9(20)2-5-6(4-18)19-8(10(12,13)14)3-7(5)22-11(15,16)17/h3H,2,4,18H2,1H3. The van der Waals surface area contributed by atoms with E-state index in [9.17, 15) is 31.1 Å². The molecule has 0 bridgehead atoms. The van der Waals surface area contributed by atoms with Gasteiger partial charge in [0.25, 0.3) is 0 Å². The van der Waals surface area contributed by atoms with E-state index < -0.39 is 54.2 Å². The van der Waals surface area contributed by atoms with E-state index in [1.807, 2.05) is 0 Å². The number of ether oxygens (including phenoxy) is 2. The van der Waals surface area contributed by atoms with E-state index in [1.54, 1.807) is 0 Å². The summed E-state index contributed by atoms with van der Waals surface area (Å²) in [5.74, 6) is -2.18. The number of rotatable bonds is 4. The third-order valence-corrected chi connectivity index (χ3v) is 2.43. The number of pyridine rings is 1. The van der Waals surface area contributed by atoms with E-state index >= 15 is 0 Å². The maximum Gasteiger partial charge on any atom is 0.573 e. The number of alkyl halides is 6. The molecular weight excluding hydrogens is 322 g/mol. The van der Waals surface area contributed by atoms with Gasteiger partial charge >= 0.3 is 18.5 Å². The summed E-state index contributed by atoms with van der Waals surface area (Å²) >= 11 is 0. The molecule has 0 saturated heterocycles. The highest BCUT2D eigenvalue weighted by Crippen LogP contribution is 2.35. The summed E-state index contributed by atoms with van der Waals surface area (Å²) in [7, 11) is 0.965. The van der Waals surface area contributed by atoms with Gasteiger partial charge in [-0.25, -0.2) is 4.98 Å². The van der Waals surface area contributed by atoms with Crippen molar-refractivity contribution in [2.24, 2.45) is 5.73 Å². The van der Waals surface area contributed by atoms with E-state index in [-0.39, 0.29) is 6.07 Å². The van der Waals surface area contributed by atoms with Crippen LogP contribution in [0, 0.1) is 0 Å². The Kier molecular flexibility index (Phi) is 5.22. The molecule has 11 heteroatoms. The topological polar surface area (TPSA) is 74.4 Å². The number of methoxy groups -OCH3 is 1. The van der Waals surface area contributed by atoms with Gasteiger partial charge in [0, 0.05) is 18.2 Å². The van der Waals surface area contributed by atoms with Crippen LogP contribution in [0.4, 0.5) is 26.3 Å². The van der Waals surface area contributed by atoms with Crippen LogP contribution in [0.2, 0.25) is 0 Å². The van der Waals surface area contributed by atoms with Crippen molar-refractivity contribution in [1.29, 1.82) is 0 Å². The lowest BCUT2D eigenvalue weighted by atomic mass is 10.1. The molecule has 0 aliphatic heterocycles. The summed E-state index contributed by atoms with van der Waals surface area (Å²) in [6.45, 7) is -0.621. The molecule has 1 rings (SSSR count). The number of halogens is 6. The van der Waals surface area contributed by atoms with Crippen LogP contribution < -0.4 is 10.5 Å². The fourth-order valence-corrected chi connectivity index (χ4v) is 1.53. The normalized spacial score (nSPS) is 12.2.